The number of aromatic nitrogens is 2. The average Bonchev–Trinajstić information content (AvgIpc) is 2.82. The lowest BCUT2D eigenvalue weighted by Gasteiger charge is -2.01. The molecule has 3 rings (SSSR count). The minimum absolute atomic E-state index is 0.644. The third kappa shape index (κ3) is 1.89. The number of rotatable bonds is 2. The van der Waals surface area contributed by atoms with E-state index in [2.05, 4.69) is 21.4 Å². The van der Waals surface area contributed by atoms with Gasteiger partial charge in [-0.2, -0.15) is 5.26 Å². The maximum absolute atomic E-state index is 8.72. The first kappa shape index (κ1) is 10.4. The lowest BCUT2D eigenvalue weighted by Crippen LogP contribution is -1.91. The molecule has 1 heterocycles. The van der Waals surface area contributed by atoms with Gasteiger partial charge in [-0.05, 0) is 36.4 Å². The molecule has 0 aliphatic rings. The molecule has 4 nitrogen and oxygen atoms in total. The summed E-state index contributed by atoms with van der Waals surface area (Å²) in [4.78, 5) is 7.60. The molecule has 0 atom stereocenters. The Bertz CT molecular complexity index is 686. The number of hydrogen-bond acceptors (Lipinski definition) is 3. The van der Waals surface area contributed by atoms with Crippen molar-refractivity contribution in [3.8, 4) is 6.07 Å². The van der Waals surface area contributed by atoms with E-state index < -0.39 is 0 Å². The Labute approximate surface area is 104 Å². The van der Waals surface area contributed by atoms with Gasteiger partial charge in [0.15, 0.2) is 0 Å². The zero-order chi connectivity index (χ0) is 12.4. The fourth-order valence-corrected chi connectivity index (χ4v) is 1.78. The van der Waals surface area contributed by atoms with E-state index in [9.17, 15) is 0 Å². The number of aromatic amines is 1. The number of para-hydroxylation sites is 2. The van der Waals surface area contributed by atoms with Crippen LogP contribution in [0.15, 0.2) is 48.5 Å². The fraction of sp³-hybridized carbons (Fsp3) is 0. The van der Waals surface area contributed by atoms with E-state index in [1.807, 2.05) is 36.4 Å². The van der Waals surface area contributed by atoms with Crippen LogP contribution >= 0.6 is 0 Å². The van der Waals surface area contributed by atoms with Gasteiger partial charge in [0.25, 0.3) is 0 Å². The molecule has 0 saturated carbocycles. The molecule has 18 heavy (non-hydrogen) atoms. The Balaban J connectivity index is 1.89. The monoisotopic (exact) mass is 234 g/mol. The van der Waals surface area contributed by atoms with Crippen LogP contribution in [0.25, 0.3) is 11.0 Å². The quantitative estimate of drug-likeness (QED) is 0.715. The summed E-state index contributed by atoms with van der Waals surface area (Å²) < 4.78 is 0. The van der Waals surface area contributed by atoms with E-state index in [-0.39, 0.29) is 0 Å². The van der Waals surface area contributed by atoms with Crippen molar-refractivity contribution in [1.29, 1.82) is 5.26 Å². The second-order valence-corrected chi connectivity index (χ2v) is 3.92. The van der Waals surface area contributed by atoms with Gasteiger partial charge in [-0.25, -0.2) is 4.98 Å². The lowest BCUT2D eigenvalue weighted by atomic mass is 10.2. The molecule has 86 valence electrons. The highest BCUT2D eigenvalue weighted by Gasteiger charge is 2.01. The summed E-state index contributed by atoms with van der Waals surface area (Å²) in [5.74, 6) is 0.695. The predicted octanol–water partition coefficient (Wildman–Crippen LogP) is 3.18. The van der Waals surface area contributed by atoms with Gasteiger partial charge in [-0.3, -0.25) is 0 Å². The Morgan fingerprint density at radius 2 is 1.83 bits per heavy atom. The summed E-state index contributed by atoms with van der Waals surface area (Å²) in [5.41, 5.74) is 3.46. The number of nitrogens with one attached hydrogen (secondary N) is 2. The summed E-state index contributed by atoms with van der Waals surface area (Å²) in [7, 11) is 0. The summed E-state index contributed by atoms with van der Waals surface area (Å²) in [6.07, 6.45) is 0. The average molecular weight is 234 g/mol. The molecular formula is C14H10N4. The van der Waals surface area contributed by atoms with Crippen LogP contribution in [0.1, 0.15) is 5.56 Å². The molecule has 0 amide bonds. The van der Waals surface area contributed by atoms with Crippen LogP contribution in [0.5, 0.6) is 0 Å². The fourth-order valence-electron chi connectivity index (χ4n) is 1.78. The predicted molar refractivity (Wildman–Crippen MR) is 70.5 cm³/mol. The van der Waals surface area contributed by atoms with Gasteiger partial charge in [-0.15, -0.1) is 0 Å². The van der Waals surface area contributed by atoms with Gasteiger partial charge >= 0.3 is 0 Å². The van der Waals surface area contributed by atoms with Crippen LogP contribution < -0.4 is 5.32 Å². The Morgan fingerprint density at radius 3 is 2.56 bits per heavy atom. The molecule has 0 bridgehead atoms. The van der Waals surface area contributed by atoms with E-state index in [1.165, 1.54) is 0 Å². The number of benzene rings is 2. The van der Waals surface area contributed by atoms with Crippen LogP contribution in [0.2, 0.25) is 0 Å². The largest absolute Gasteiger partial charge is 0.326 e. The molecular weight excluding hydrogens is 224 g/mol. The van der Waals surface area contributed by atoms with Crippen molar-refractivity contribution in [2.45, 2.75) is 0 Å². The molecule has 0 saturated heterocycles. The Hall–Kier alpha value is -2.80. The molecule has 2 N–H and O–H groups in total. The van der Waals surface area contributed by atoms with Crippen LogP contribution in [0.3, 0.4) is 0 Å². The third-order valence-corrected chi connectivity index (χ3v) is 2.67. The van der Waals surface area contributed by atoms with Crippen molar-refractivity contribution in [1.82, 2.24) is 9.97 Å². The van der Waals surface area contributed by atoms with Crippen LogP contribution in [-0.4, -0.2) is 9.97 Å². The Morgan fingerprint density at radius 1 is 1.06 bits per heavy atom. The molecule has 0 fully saturated rings. The second kappa shape index (κ2) is 4.22. The number of nitriles is 1. The van der Waals surface area contributed by atoms with Crippen molar-refractivity contribution < 1.29 is 0 Å². The van der Waals surface area contributed by atoms with E-state index in [4.69, 9.17) is 5.26 Å². The van der Waals surface area contributed by atoms with Gasteiger partial charge < -0.3 is 10.3 Å². The van der Waals surface area contributed by atoms with E-state index in [1.54, 1.807) is 12.1 Å². The minimum atomic E-state index is 0.644. The van der Waals surface area contributed by atoms with Crippen molar-refractivity contribution >= 4 is 22.7 Å². The number of imidazole rings is 1. The van der Waals surface area contributed by atoms with Gasteiger partial charge in [0.1, 0.15) is 0 Å². The molecule has 0 aliphatic carbocycles. The maximum Gasteiger partial charge on any atom is 0.205 e. The van der Waals surface area contributed by atoms with Gasteiger partial charge in [-0.1, -0.05) is 12.1 Å². The first-order valence-corrected chi connectivity index (χ1v) is 5.57. The first-order valence-electron chi connectivity index (χ1n) is 5.57. The van der Waals surface area contributed by atoms with Gasteiger partial charge in [0.05, 0.1) is 22.7 Å². The minimum Gasteiger partial charge on any atom is -0.326 e. The van der Waals surface area contributed by atoms with Crippen LogP contribution in [-0.2, 0) is 0 Å². The summed E-state index contributed by atoms with van der Waals surface area (Å²) in [5, 5.41) is 11.9. The van der Waals surface area contributed by atoms with E-state index >= 15 is 0 Å². The number of fused-ring (bicyclic) bond motifs is 1. The van der Waals surface area contributed by atoms with Crippen LogP contribution in [0, 0.1) is 11.3 Å². The molecule has 0 unspecified atom stereocenters. The third-order valence-electron chi connectivity index (χ3n) is 2.67. The molecule has 4 heteroatoms. The molecule has 0 radical (unpaired) electrons. The summed E-state index contributed by atoms with van der Waals surface area (Å²) in [6.45, 7) is 0. The second-order valence-electron chi connectivity index (χ2n) is 3.92. The normalized spacial score (nSPS) is 10.2. The number of hydrogen-bond donors (Lipinski definition) is 2. The van der Waals surface area contributed by atoms with Crippen LogP contribution in [0.4, 0.5) is 11.6 Å². The smallest absolute Gasteiger partial charge is 0.205 e. The number of nitrogens with zero attached hydrogens (tertiary/aromatic N) is 2. The van der Waals surface area contributed by atoms with E-state index in [0.717, 1.165) is 16.7 Å². The molecule has 3 aromatic rings. The molecule has 2 aromatic carbocycles. The highest BCUT2D eigenvalue weighted by molar-refractivity contribution is 5.78. The maximum atomic E-state index is 8.72. The van der Waals surface area contributed by atoms with E-state index in [0.29, 0.717) is 11.5 Å². The SMILES string of the molecule is N#Cc1ccc(Nc2nc3ccccc3[nH]2)cc1. The topological polar surface area (TPSA) is 64.5 Å². The van der Waals surface area contributed by atoms with Gasteiger partial charge in [0, 0.05) is 5.69 Å². The standard InChI is InChI=1S/C14H10N4/c15-9-10-5-7-11(8-6-10)16-14-17-12-3-1-2-4-13(12)18-14/h1-8H,(H2,16,17,18). The highest BCUT2D eigenvalue weighted by atomic mass is 15.1. The Kier molecular flexibility index (Phi) is 2.43. The van der Waals surface area contributed by atoms with Crippen molar-refractivity contribution in [3.63, 3.8) is 0 Å². The molecule has 0 spiro atoms. The summed E-state index contributed by atoms with van der Waals surface area (Å²) in [6, 6.07) is 17.2. The first-order chi connectivity index (χ1) is 8.85. The zero-order valence-electron chi connectivity index (χ0n) is 9.51. The number of H-pyrrole nitrogens is 1. The number of anilines is 2. The lowest BCUT2D eigenvalue weighted by molar-refractivity contribution is 1.31. The van der Waals surface area contributed by atoms with Crippen molar-refractivity contribution in [2.24, 2.45) is 0 Å². The zero-order valence-corrected chi connectivity index (χ0v) is 9.51. The molecule has 1 aromatic heterocycles. The van der Waals surface area contributed by atoms with Gasteiger partial charge in [0.2, 0.25) is 5.95 Å². The summed E-state index contributed by atoms with van der Waals surface area (Å²) >= 11 is 0. The highest BCUT2D eigenvalue weighted by Crippen LogP contribution is 2.18. The molecule has 0 aliphatic heterocycles. The van der Waals surface area contributed by atoms with Crippen molar-refractivity contribution in [3.05, 3.63) is 54.1 Å². The van der Waals surface area contributed by atoms with Crippen molar-refractivity contribution in [2.75, 3.05) is 5.32 Å².